The third kappa shape index (κ3) is 3.63. The van der Waals surface area contributed by atoms with E-state index in [-0.39, 0.29) is 17.7 Å². The number of halogens is 1. The van der Waals surface area contributed by atoms with Crippen LogP contribution in [0.1, 0.15) is 36.3 Å². The summed E-state index contributed by atoms with van der Waals surface area (Å²) in [5.74, 6) is 1.46. The summed E-state index contributed by atoms with van der Waals surface area (Å²) in [6.07, 6.45) is 3.80. The lowest BCUT2D eigenvalue weighted by molar-refractivity contribution is -0.131. The molecule has 2 atom stereocenters. The van der Waals surface area contributed by atoms with Gasteiger partial charge in [-0.25, -0.2) is 0 Å². The SMILES string of the molecule is O=C([C@@H]1CCC[C@@H]1c1ccc(Cl)cc1)N1CCN=C1Cc1cccc2ccccc12. The smallest absolute Gasteiger partial charge is 0.231 e. The van der Waals surface area contributed by atoms with E-state index >= 15 is 0 Å². The van der Waals surface area contributed by atoms with Crippen molar-refractivity contribution in [3.63, 3.8) is 0 Å². The second-order valence-electron chi connectivity index (χ2n) is 8.30. The zero-order chi connectivity index (χ0) is 20.5. The first kappa shape index (κ1) is 19.3. The van der Waals surface area contributed by atoms with Gasteiger partial charge in [-0.1, -0.05) is 72.6 Å². The second-order valence-corrected chi connectivity index (χ2v) is 8.73. The molecule has 1 aliphatic heterocycles. The summed E-state index contributed by atoms with van der Waals surface area (Å²) >= 11 is 6.07. The number of hydrogen-bond acceptors (Lipinski definition) is 2. The fourth-order valence-corrected chi connectivity index (χ4v) is 5.19. The van der Waals surface area contributed by atoms with E-state index in [0.29, 0.717) is 19.5 Å². The van der Waals surface area contributed by atoms with Crippen LogP contribution in [-0.2, 0) is 11.2 Å². The average molecular weight is 417 g/mol. The molecule has 1 saturated carbocycles. The summed E-state index contributed by atoms with van der Waals surface area (Å²) in [6.45, 7) is 1.40. The summed E-state index contributed by atoms with van der Waals surface area (Å²) in [5, 5.41) is 3.20. The topological polar surface area (TPSA) is 32.7 Å². The number of carbonyl (C=O) groups is 1. The summed E-state index contributed by atoms with van der Waals surface area (Å²) in [5.41, 5.74) is 2.45. The number of benzene rings is 3. The lowest BCUT2D eigenvalue weighted by atomic mass is 9.88. The molecule has 0 N–H and O–H groups in total. The molecule has 1 amide bonds. The van der Waals surface area contributed by atoms with Crippen molar-refractivity contribution in [3.8, 4) is 0 Å². The molecule has 1 fully saturated rings. The monoisotopic (exact) mass is 416 g/mol. The Morgan fingerprint density at radius 1 is 1.00 bits per heavy atom. The molecule has 0 radical (unpaired) electrons. The van der Waals surface area contributed by atoms with E-state index in [1.807, 2.05) is 17.0 Å². The number of rotatable bonds is 4. The van der Waals surface area contributed by atoms with Gasteiger partial charge in [-0.15, -0.1) is 0 Å². The fraction of sp³-hybridized carbons (Fsp3) is 0.308. The van der Waals surface area contributed by atoms with Gasteiger partial charge in [0.15, 0.2) is 0 Å². The van der Waals surface area contributed by atoms with Crippen molar-refractivity contribution in [1.82, 2.24) is 4.90 Å². The number of nitrogens with zero attached hydrogens (tertiary/aromatic N) is 2. The van der Waals surface area contributed by atoms with Gasteiger partial charge in [0, 0.05) is 23.9 Å². The molecular formula is C26H25ClN2O. The fourth-order valence-electron chi connectivity index (χ4n) is 5.06. The summed E-state index contributed by atoms with van der Waals surface area (Å²) < 4.78 is 0. The minimum absolute atomic E-state index is 0.0296. The Balaban J connectivity index is 1.37. The Labute approximate surface area is 182 Å². The maximum Gasteiger partial charge on any atom is 0.231 e. The zero-order valence-electron chi connectivity index (χ0n) is 16.9. The second kappa shape index (κ2) is 8.23. The molecule has 0 saturated heterocycles. The van der Waals surface area contributed by atoms with E-state index in [4.69, 9.17) is 16.6 Å². The van der Waals surface area contributed by atoms with Gasteiger partial charge in [0.05, 0.1) is 6.54 Å². The van der Waals surface area contributed by atoms with Gasteiger partial charge in [-0.2, -0.15) is 0 Å². The molecule has 0 bridgehead atoms. The quantitative estimate of drug-likeness (QED) is 0.524. The highest BCUT2D eigenvalue weighted by Gasteiger charge is 2.38. The molecule has 0 aromatic heterocycles. The van der Waals surface area contributed by atoms with Crippen molar-refractivity contribution in [2.75, 3.05) is 13.1 Å². The van der Waals surface area contributed by atoms with Crippen molar-refractivity contribution in [1.29, 1.82) is 0 Å². The lowest BCUT2D eigenvalue weighted by Gasteiger charge is -2.26. The lowest BCUT2D eigenvalue weighted by Crippen LogP contribution is -2.40. The van der Waals surface area contributed by atoms with Gasteiger partial charge in [0.1, 0.15) is 5.84 Å². The zero-order valence-corrected chi connectivity index (χ0v) is 17.7. The van der Waals surface area contributed by atoms with E-state index in [1.165, 1.54) is 21.9 Å². The number of carbonyl (C=O) groups excluding carboxylic acids is 1. The van der Waals surface area contributed by atoms with Crippen LogP contribution < -0.4 is 0 Å². The van der Waals surface area contributed by atoms with Crippen LogP contribution in [0.5, 0.6) is 0 Å². The van der Waals surface area contributed by atoms with E-state index in [9.17, 15) is 4.79 Å². The van der Waals surface area contributed by atoms with Gasteiger partial charge in [0.2, 0.25) is 5.91 Å². The molecule has 0 spiro atoms. The summed E-state index contributed by atoms with van der Waals surface area (Å²) in [4.78, 5) is 20.3. The van der Waals surface area contributed by atoms with Crippen molar-refractivity contribution < 1.29 is 4.79 Å². The Morgan fingerprint density at radius 2 is 1.80 bits per heavy atom. The number of aliphatic imine (C=N–C) groups is 1. The first-order chi connectivity index (χ1) is 14.7. The molecule has 3 nitrogen and oxygen atoms in total. The predicted octanol–water partition coefficient (Wildman–Crippen LogP) is 5.86. The van der Waals surface area contributed by atoms with E-state index < -0.39 is 0 Å². The standard InChI is InChI=1S/C26H25ClN2O/c27-21-13-11-19(12-14-21)23-9-4-10-24(23)26(30)29-16-15-28-25(29)17-20-7-3-6-18-5-1-2-8-22(18)20/h1-3,5-8,11-14,23-24H,4,9-10,15-17H2/t23-,24-/m1/s1. The molecule has 3 aromatic carbocycles. The van der Waals surface area contributed by atoms with Crippen LogP contribution in [0, 0.1) is 5.92 Å². The first-order valence-corrected chi connectivity index (χ1v) is 11.2. The third-order valence-corrected chi connectivity index (χ3v) is 6.81. The number of amidine groups is 1. The normalized spacial score (nSPS) is 21.2. The van der Waals surface area contributed by atoms with E-state index in [0.717, 1.165) is 30.1 Å². The minimum Gasteiger partial charge on any atom is -0.298 e. The van der Waals surface area contributed by atoms with Crippen LogP contribution in [0.2, 0.25) is 5.02 Å². The number of amides is 1. The maximum atomic E-state index is 13.6. The maximum absolute atomic E-state index is 13.6. The molecule has 2 aliphatic rings. The highest BCUT2D eigenvalue weighted by molar-refractivity contribution is 6.30. The molecule has 3 aromatic rings. The number of fused-ring (bicyclic) bond motifs is 1. The predicted molar refractivity (Wildman–Crippen MR) is 123 cm³/mol. The third-order valence-electron chi connectivity index (χ3n) is 6.56. The van der Waals surface area contributed by atoms with Crippen LogP contribution >= 0.6 is 11.6 Å². The van der Waals surface area contributed by atoms with Crippen LogP contribution in [0.4, 0.5) is 0 Å². The van der Waals surface area contributed by atoms with E-state index in [2.05, 4.69) is 54.6 Å². The van der Waals surface area contributed by atoms with Crippen LogP contribution in [0.15, 0.2) is 71.7 Å². The van der Waals surface area contributed by atoms with Gasteiger partial charge in [0.25, 0.3) is 0 Å². The molecule has 30 heavy (non-hydrogen) atoms. The molecule has 1 aliphatic carbocycles. The highest BCUT2D eigenvalue weighted by Crippen LogP contribution is 2.41. The van der Waals surface area contributed by atoms with Gasteiger partial charge < -0.3 is 0 Å². The van der Waals surface area contributed by atoms with Crippen molar-refractivity contribution in [2.24, 2.45) is 10.9 Å². The summed E-state index contributed by atoms with van der Waals surface area (Å²) in [6, 6.07) is 22.8. The highest BCUT2D eigenvalue weighted by atomic mass is 35.5. The minimum atomic E-state index is 0.0296. The van der Waals surface area contributed by atoms with Gasteiger partial charge in [-0.3, -0.25) is 14.7 Å². The largest absolute Gasteiger partial charge is 0.298 e. The van der Waals surface area contributed by atoms with Gasteiger partial charge >= 0.3 is 0 Å². The number of hydrogen-bond donors (Lipinski definition) is 0. The summed E-state index contributed by atoms with van der Waals surface area (Å²) in [7, 11) is 0. The van der Waals surface area contributed by atoms with Crippen molar-refractivity contribution >= 4 is 34.1 Å². The Morgan fingerprint density at radius 3 is 2.67 bits per heavy atom. The first-order valence-electron chi connectivity index (χ1n) is 10.8. The molecular weight excluding hydrogens is 392 g/mol. The van der Waals surface area contributed by atoms with Crippen molar-refractivity contribution in [2.45, 2.75) is 31.6 Å². The molecule has 4 heteroatoms. The van der Waals surface area contributed by atoms with Gasteiger partial charge in [-0.05, 0) is 52.8 Å². The average Bonchev–Trinajstić information content (AvgIpc) is 3.44. The Kier molecular flexibility index (Phi) is 5.30. The molecule has 5 rings (SSSR count). The van der Waals surface area contributed by atoms with Crippen LogP contribution in [0.25, 0.3) is 10.8 Å². The van der Waals surface area contributed by atoms with Crippen LogP contribution in [-0.4, -0.2) is 29.7 Å². The molecule has 0 unspecified atom stereocenters. The molecule has 152 valence electrons. The van der Waals surface area contributed by atoms with E-state index in [1.54, 1.807) is 0 Å². The van der Waals surface area contributed by atoms with Crippen molar-refractivity contribution in [3.05, 3.63) is 82.9 Å². The Bertz CT molecular complexity index is 1100. The molecule has 1 heterocycles. The Hall–Kier alpha value is -2.65. The van der Waals surface area contributed by atoms with Crippen LogP contribution in [0.3, 0.4) is 0 Å².